The Kier molecular flexibility index (Phi) is 2.53. The minimum atomic E-state index is -1.21. The fraction of sp³-hybridized carbons (Fsp3) is 0.500. The Bertz CT molecular complexity index is 696. The van der Waals surface area contributed by atoms with Crippen LogP contribution in [0.25, 0.3) is 0 Å². The lowest BCUT2D eigenvalue weighted by molar-refractivity contribution is -0.148. The van der Waals surface area contributed by atoms with E-state index < -0.39 is 23.2 Å². The highest BCUT2D eigenvalue weighted by atomic mass is 79.9. The summed E-state index contributed by atoms with van der Waals surface area (Å²) in [6, 6.07) is 0. The minimum absolute atomic E-state index is 0.0871. The van der Waals surface area contributed by atoms with E-state index in [4.69, 9.17) is 5.73 Å². The van der Waals surface area contributed by atoms with Crippen LogP contribution in [0, 0.1) is 23.2 Å². The van der Waals surface area contributed by atoms with Gasteiger partial charge < -0.3 is 10.8 Å². The normalized spacial score (nSPS) is 38.0. The van der Waals surface area contributed by atoms with Crippen molar-refractivity contribution in [1.29, 1.82) is 0 Å². The highest BCUT2D eigenvalue weighted by molar-refractivity contribution is 9.11. The molecule has 0 saturated heterocycles. The third-order valence-electron chi connectivity index (χ3n) is 5.47. The average molecular weight is 369 g/mol. The molecule has 4 rings (SSSR count). The van der Waals surface area contributed by atoms with Gasteiger partial charge in [-0.05, 0) is 40.1 Å². The molecule has 2 bridgehead atoms. The summed E-state index contributed by atoms with van der Waals surface area (Å²) in [6.07, 6.45) is 7.50. The molecule has 110 valence electrons. The molecule has 1 aromatic heterocycles. The third-order valence-corrected chi connectivity index (χ3v) is 7.09. The largest absolute Gasteiger partial charge is 0.481 e. The van der Waals surface area contributed by atoms with Gasteiger partial charge in [0.2, 0.25) is 5.91 Å². The monoisotopic (exact) mass is 368 g/mol. The van der Waals surface area contributed by atoms with Crippen molar-refractivity contribution in [1.82, 2.24) is 4.98 Å². The number of carbonyl (C=O) groups is 2. The molecule has 3 aliphatic carbocycles. The predicted molar refractivity (Wildman–Crippen MR) is 79.6 cm³/mol. The zero-order valence-electron chi connectivity index (χ0n) is 11.0. The summed E-state index contributed by atoms with van der Waals surface area (Å²) in [5.74, 6) is -2.60. The lowest BCUT2D eigenvalue weighted by Gasteiger charge is -2.35. The smallest absolute Gasteiger partial charge is 0.308 e. The third kappa shape index (κ3) is 1.39. The fourth-order valence-corrected chi connectivity index (χ4v) is 6.09. The number of thiazole rings is 1. The molecule has 0 radical (unpaired) electrons. The van der Waals surface area contributed by atoms with Gasteiger partial charge in [-0.15, -0.1) is 11.3 Å². The molecule has 3 N–H and O–H groups in total. The first kappa shape index (κ1) is 13.5. The number of nitrogens with two attached hydrogens (primary N) is 1. The first-order valence-electron chi connectivity index (χ1n) is 6.77. The summed E-state index contributed by atoms with van der Waals surface area (Å²) < 4.78 is 0.777. The summed E-state index contributed by atoms with van der Waals surface area (Å²) in [5.41, 5.74) is 4.46. The molecule has 4 atom stereocenters. The number of carboxylic acid groups (broad SMARTS) is 1. The van der Waals surface area contributed by atoms with E-state index in [9.17, 15) is 14.7 Å². The van der Waals surface area contributed by atoms with Gasteiger partial charge in [0, 0.05) is 5.92 Å². The van der Waals surface area contributed by atoms with Crippen molar-refractivity contribution in [2.75, 3.05) is 0 Å². The fourth-order valence-electron chi connectivity index (χ4n) is 4.61. The molecule has 2 fully saturated rings. The Labute approximate surface area is 133 Å². The second-order valence-corrected chi connectivity index (χ2v) is 8.55. The van der Waals surface area contributed by atoms with E-state index in [1.54, 1.807) is 6.20 Å². The van der Waals surface area contributed by atoms with Crippen LogP contribution < -0.4 is 5.73 Å². The Morgan fingerprint density at radius 2 is 2.14 bits per heavy atom. The quantitative estimate of drug-likeness (QED) is 0.797. The van der Waals surface area contributed by atoms with Gasteiger partial charge in [-0.25, -0.2) is 4.98 Å². The first-order valence-corrected chi connectivity index (χ1v) is 8.38. The van der Waals surface area contributed by atoms with Crippen molar-refractivity contribution in [2.24, 2.45) is 28.9 Å². The van der Waals surface area contributed by atoms with Crippen LogP contribution in [-0.2, 0) is 15.0 Å². The lowest BCUT2D eigenvalue weighted by Crippen LogP contribution is -2.52. The molecule has 1 aromatic rings. The number of hydrogen-bond donors (Lipinski definition) is 2. The molecule has 0 unspecified atom stereocenters. The molecule has 2 saturated carbocycles. The number of amides is 1. The molecule has 0 aliphatic heterocycles. The topological polar surface area (TPSA) is 93.3 Å². The number of allylic oxidation sites excluding steroid dienone is 2. The van der Waals surface area contributed by atoms with Crippen molar-refractivity contribution < 1.29 is 14.7 Å². The van der Waals surface area contributed by atoms with Gasteiger partial charge in [0.1, 0.15) is 10.4 Å². The van der Waals surface area contributed by atoms with Gasteiger partial charge in [-0.1, -0.05) is 12.2 Å². The highest BCUT2D eigenvalue weighted by Crippen LogP contribution is 2.76. The summed E-state index contributed by atoms with van der Waals surface area (Å²) in [7, 11) is 0. The first-order chi connectivity index (χ1) is 9.94. The minimum Gasteiger partial charge on any atom is -0.481 e. The molecule has 7 heteroatoms. The van der Waals surface area contributed by atoms with E-state index in [-0.39, 0.29) is 17.3 Å². The molecule has 21 heavy (non-hydrogen) atoms. The maximum Gasteiger partial charge on any atom is 0.308 e. The van der Waals surface area contributed by atoms with Gasteiger partial charge >= 0.3 is 5.97 Å². The van der Waals surface area contributed by atoms with Crippen LogP contribution in [0.5, 0.6) is 0 Å². The van der Waals surface area contributed by atoms with Crippen molar-refractivity contribution in [2.45, 2.75) is 18.3 Å². The average Bonchev–Trinajstić information content (AvgIpc) is 2.88. The van der Waals surface area contributed by atoms with Crippen molar-refractivity contribution in [3.63, 3.8) is 0 Å². The Balaban J connectivity index is 1.99. The summed E-state index contributed by atoms with van der Waals surface area (Å²) >= 11 is 4.65. The van der Waals surface area contributed by atoms with E-state index in [1.165, 1.54) is 11.3 Å². The van der Waals surface area contributed by atoms with Gasteiger partial charge in [0.15, 0.2) is 0 Å². The molecule has 3 aliphatic rings. The number of halogens is 1. The lowest BCUT2D eigenvalue weighted by atomic mass is 9.67. The van der Waals surface area contributed by atoms with E-state index in [2.05, 4.69) is 20.9 Å². The number of carboxylic acids is 1. The van der Waals surface area contributed by atoms with Gasteiger partial charge in [0.25, 0.3) is 0 Å². The summed E-state index contributed by atoms with van der Waals surface area (Å²) in [4.78, 5) is 28.7. The number of hydrogen-bond acceptors (Lipinski definition) is 4. The maximum atomic E-state index is 12.4. The number of carbonyl (C=O) groups excluding carboxylic acids is 1. The molecule has 0 aromatic carbocycles. The van der Waals surface area contributed by atoms with Crippen molar-refractivity contribution >= 4 is 39.1 Å². The van der Waals surface area contributed by atoms with Crippen molar-refractivity contribution in [3.8, 4) is 0 Å². The standard InChI is InChI=1S/C14H13BrN2O3S/c15-8-5-17-12(21-8)14(11(16)20)7-2-1-6(9(14)10(18)19)13(7)3-4-13/h1-2,5-7,9H,3-4H2,(H2,16,20)(H,18,19)/t6-,7+,9+,14-/m1/s1. The van der Waals surface area contributed by atoms with Crippen LogP contribution in [0.4, 0.5) is 0 Å². The molecule has 1 spiro atoms. The molecule has 1 heterocycles. The van der Waals surface area contributed by atoms with E-state index in [0.717, 1.165) is 16.6 Å². The van der Waals surface area contributed by atoms with Crippen molar-refractivity contribution in [3.05, 3.63) is 27.1 Å². The highest BCUT2D eigenvalue weighted by Gasteiger charge is 2.77. The number of nitrogens with zero attached hydrogens (tertiary/aromatic N) is 1. The number of aliphatic carboxylic acids is 1. The zero-order chi connectivity index (χ0) is 15.0. The summed E-state index contributed by atoms with van der Waals surface area (Å²) in [6.45, 7) is 0. The second-order valence-electron chi connectivity index (χ2n) is 6.14. The van der Waals surface area contributed by atoms with Crippen LogP contribution in [-0.4, -0.2) is 22.0 Å². The Morgan fingerprint density at radius 3 is 2.62 bits per heavy atom. The predicted octanol–water partition coefficient (Wildman–Crippen LogP) is 1.93. The molecule has 1 amide bonds. The van der Waals surface area contributed by atoms with E-state index in [0.29, 0.717) is 5.01 Å². The number of aromatic nitrogens is 1. The Morgan fingerprint density at radius 1 is 1.43 bits per heavy atom. The number of rotatable bonds is 3. The molecular weight excluding hydrogens is 356 g/mol. The zero-order valence-corrected chi connectivity index (χ0v) is 13.4. The van der Waals surface area contributed by atoms with Crippen LogP contribution in [0.3, 0.4) is 0 Å². The van der Waals surface area contributed by atoms with E-state index in [1.807, 2.05) is 12.2 Å². The van der Waals surface area contributed by atoms with Crippen LogP contribution in [0.2, 0.25) is 0 Å². The van der Waals surface area contributed by atoms with E-state index >= 15 is 0 Å². The molecule has 5 nitrogen and oxygen atoms in total. The number of primary amides is 1. The van der Waals surface area contributed by atoms with Gasteiger partial charge in [-0.2, -0.15) is 0 Å². The van der Waals surface area contributed by atoms with Gasteiger partial charge in [-0.3, -0.25) is 9.59 Å². The van der Waals surface area contributed by atoms with Crippen LogP contribution in [0.1, 0.15) is 17.8 Å². The van der Waals surface area contributed by atoms with Gasteiger partial charge in [0.05, 0.1) is 15.9 Å². The second kappa shape index (κ2) is 3.95. The Hall–Kier alpha value is -1.21. The molecular formula is C14H13BrN2O3S. The summed E-state index contributed by atoms with van der Waals surface area (Å²) in [5, 5.41) is 10.3. The van der Waals surface area contributed by atoms with Crippen LogP contribution in [0.15, 0.2) is 22.1 Å². The maximum absolute atomic E-state index is 12.4. The van der Waals surface area contributed by atoms with Crippen LogP contribution >= 0.6 is 27.3 Å². The SMILES string of the molecule is NC(=O)[C@]1(c2ncc(Br)s2)[C@H](C(=O)O)[C@H]2C=C[C@H]1C21CC1.